The molecular formula is C19H14F3NO5. The van der Waals surface area contributed by atoms with Gasteiger partial charge in [-0.1, -0.05) is 42.2 Å². The molecular weight excluding hydrogens is 379 g/mol. The zero-order valence-electron chi connectivity index (χ0n) is 14.2. The van der Waals surface area contributed by atoms with Crippen LogP contribution >= 0.6 is 0 Å². The monoisotopic (exact) mass is 393 g/mol. The smallest absolute Gasteiger partial charge is 0.478 e. The van der Waals surface area contributed by atoms with E-state index in [-0.39, 0.29) is 18.7 Å². The van der Waals surface area contributed by atoms with E-state index in [9.17, 15) is 22.8 Å². The summed E-state index contributed by atoms with van der Waals surface area (Å²) in [5.74, 6) is 2.59. The number of carboxylic acids is 1. The maximum absolute atomic E-state index is 12.4. The van der Waals surface area contributed by atoms with Gasteiger partial charge >= 0.3 is 18.4 Å². The molecule has 0 aliphatic carbocycles. The fraction of sp³-hybridized carbons (Fsp3) is 0.158. The summed E-state index contributed by atoms with van der Waals surface area (Å²) in [4.78, 5) is 22.5. The molecule has 2 aromatic carbocycles. The summed E-state index contributed by atoms with van der Waals surface area (Å²) < 4.78 is 45.9. The SMILES string of the molecule is O=C(NCC#Cc1ccc(C(=O)O)c(OC(F)(F)F)c1)OCc1ccccc1. The first kappa shape index (κ1) is 20.6. The second-order valence-corrected chi connectivity index (χ2v) is 5.28. The Balaban J connectivity index is 1.93. The predicted molar refractivity (Wildman–Crippen MR) is 91.6 cm³/mol. The molecule has 0 saturated carbocycles. The number of alkyl carbamates (subject to hydrolysis) is 1. The lowest BCUT2D eigenvalue weighted by molar-refractivity contribution is -0.274. The number of alkyl halides is 3. The number of halogens is 3. The minimum absolute atomic E-state index is 0.0783. The Morgan fingerprint density at radius 1 is 1.11 bits per heavy atom. The van der Waals surface area contributed by atoms with Crippen LogP contribution < -0.4 is 10.1 Å². The molecule has 0 spiro atoms. The molecule has 0 bridgehead atoms. The Morgan fingerprint density at radius 3 is 2.46 bits per heavy atom. The maximum Gasteiger partial charge on any atom is 0.573 e. The van der Waals surface area contributed by atoms with Crippen molar-refractivity contribution in [1.29, 1.82) is 0 Å². The summed E-state index contributed by atoms with van der Waals surface area (Å²) in [7, 11) is 0. The van der Waals surface area contributed by atoms with Gasteiger partial charge in [0.1, 0.15) is 17.9 Å². The van der Waals surface area contributed by atoms with Gasteiger partial charge in [0.2, 0.25) is 0 Å². The Hall–Kier alpha value is -3.67. The lowest BCUT2D eigenvalue weighted by Crippen LogP contribution is -2.24. The van der Waals surface area contributed by atoms with Crippen LogP contribution in [0.4, 0.5) is 18.0 Å². The van der Waals surface area contributed by atoms with Crippen LogP contribution in [0, 0.1) is 11.8 Å². The highest BCUT2D eigenvalue weighted by Crippen LogP contribution is 2.27. The Kier molecular flexibility index (Phi) is 6.87. The number of carbonyl (C=O) groups excluding carboxylic acids is 1. The minimum Gasteiger partial charge on any atom is -0.478 e. The number of hydrogen-bond donors (Lipinski definition) is 2. The van der Waals surface area contributed by atoms with Gasteiger partial charge in [0.15, 0.2) is 0 Å². The molecule has 2 aromatic rings. The zero-order chi connectivity index (χ0) is 20.6. The molecule has 2 N–H and O–H groups in total. The first-order valence-electron chi connectivity index (χ1n) is 7.81. The number of amides is 1. The predicted octanol–water partition coefficient (Wildman–Crippen LogP) is 3.56. The van der Waals surface area contributed by atoms with Crippen molar-refractivity contribution in [1.82, 2.24) is 5.32 Å². The third-order valence-electron chi connectivity index (χ3n) is 3.20. The van der Waals surface area contributed by atoms with Gasteiger partial charge in [0.25, 0.3) is 0 Å². The van der Waals surface area contributed by atoms with Gasteiger partial charge in [-0.3, -0.25) is 0 Å². The van der Waals surface area contributed by atoms with Gasteiger partial charge in [-0.25, -0.2) is 9.59 Å². The molecule has 0 heterocycles. The van der Waals surface area contributed by atoms with E-state index in [2.05, 4.69) is 21.9 Å². The second kappa shape index (κ2) is 9.32. The van der Waals surface area contributed by atoms with Crippen LogP contribution in [-0.4, -0.2) is 30.1 Å². The average molecular weight is 393 g/mol. The molecule has 9 heteroatoms. The molecule has 0 saturated heterocycles. The van der Waals surface area contributed by atoms with Crippen molar-refractivity contribution in [3.05, 3.63) is 65.2 Å². The van der Waals surface area contributed by atoms with E-state index in [0.29, 0.717) is 0 Å². The fourth-order valence-corrected chi connectivity index (χ4v) is 2.02. The number of aromatic carboxylic acids is 1. The Labute approximate surface area is 157 Å². The number of nitrogens with one attached hydrogen (secondary N) is 1. The molecule has 0 atom stereocenters. The van der Waals surface area contributed by atoms with Crippen molar-refractivity contribution in [2.45, 2.75) is 13.0 Å². The molecule has 1 amide bonds. The van der Waals surface area contributed by atoms with Gasteiger partial charge in [-0.05, 0) is 23.8 Å². The van der Waals surface area contributed by atoms with Crippen LogP contribution in [-0.2, 0) is 11.3 Å². The average Bonchev–Trinajstić information content (AvgIpc) is 2.63. The van der Waals surface area contributed by atoms with E-state index >= 15 is 0 Å². The number of rotatable bonds is 5. The van der Waals surface area contributed by atoms with Crippen molar-refractivity contribution in [2.75, 3.05) is 6.54 Å². The van der Waals surface area contributed by atoms with E-state index in [1.807, 2.05) is 6.07 Å². The second-order valence-electron chi connectivity index (χ2n) is 5.28. The van der Waals surface area contributed by atoms with E-state index in [1.165, 1.54) is 6.07 Å². The third kappa shape index (κ3) is 6.92. The topological polar surface area (TPSA) is 84.9 Å². The molecule has 146 valence electrons. The summed E-state index contributed by atoms with van der Waals surface area (Å²) >= 11 is 0. The van der Waals surface area contributed by atoms with Crippen molar-refractivity contribution in [2.24, 2.45) is 0 Å². The summed E-state index contributed by atoms with van der Waals surface area (Å²) in [5, 5.41) is 11.3. The van der Waals surface area contributed by atoms with Crippen molar-refractivity contribution in [3.8, 4) is 17.6 Å². The highest BCUT2D eigenvalue weighted by molar-refractivity contribution is 5.91. The van der Waals surface area contributed by atoms with Gasteiger partial charge < -0.3 is 19.9 Å². The van der Waals surface area contributed by atoms with Crippen LogP contribution in [0.2, 0.25) is 0 Å². The highest BCUT2D eigenvalue weighted by atomic mass is 19.4. The number of hydrogen-bond acceptors (Lipinski definition) is 4. The van der Waals surface area contributed by atoms with Crippen LogP contribution in [0.1, 0.15) is 21.5 Å². The molecule has 28 heavy (non-hydrogen) atoms. The minimum atomic E-state index is -5.04. The summed E-state index contributed by atoms with van der Waals surface area (Å²) in [5.41, 5.74) is 0.244. The molecule has 6 nitrogen and oxygen atoms in total. The largest absolute Gasteiger partial charge is 0.573 e. The molecule has 2 rings (SSSR count). The normalized spacial score (nSPS) is 10.4. The summed E-state index contributed by atoms with van der Waals surface area (Å²) in [6, 6.07) is 12.0. The fourth-order valence-electron chi connectivity index (χ4n) is 2.02. The summed E-state index contributed by atoms with van der Waals surface area (Å²) in [6.07, 6.45) is -5.75. The number of carboxylic acid groups (broad SMARTS) is 1. The third-order valence-corrected chi connectivity index (χ3v) is 3.20. The molecule has 0 radical (unpaired) electrons. The van der Waals surface area contributed by atoms with Crippen molar-refractivity contribution in [3.63, 3.8) is 0 Å². The Morgan fingerprint density at radius 2 is 1.82 bits per heavy atom. The standard InChI is InChI=1S/C19H14F3NO5/c20-19(21,22)28-16-11-13(8-9-15(16)17(24)25)7-4-10-23-18(26)27-12-14-5-2-1-3-6-14/h1-3,5-6,8-9,11H,10,12H2,(H,23,26)(H,24,25). The lowest BCUT2D eigenvalue weighted by Gasteiger charge is -2.11. The summed E-state index contributed by atoms with van der Waals surface area (Å²) in [6.45, 7) is -0.0430. The number of ether oxygens (including phenoxy) is 2. The zero-order valence-corrected chi connectivity index (χ0v) is 14.2. The van der Waals surface area contributed by atoms with Crippen LogP contribution in [0.25, 0.3) is 0 Å². The molecule has 0 fully saturated rings. The van der Waals surface area contributed by atoms with Gasteiger partial charge in [0, 0.05) is 5.56 Å². The van der Waals surface area contributed by atoms with E-state index in [4.69, 9.17) is 9.84 Å². The van der Waals surface area contributed by atoms with Gasteiger partial charge in [-0.2, -0.15) is 0 Å². The van der Waals surface area contributed by atoms with Crippen LogP contribution in [0.5, 0.6) is 5.75 Å². The molecule has 0 aliphatic rings. The van der Waals surface area contributed by atoms with Crippen LogP contribution in [0.15, 0.2) is 48.5 Å². The molecule has 0 aliphatic heterocycles. The number of carbonyl (C=O) groups is 2. The van der Waals surface area contributed by atoms with E-state index < -0.39 is 29.7 Å². The van der Waals surface area contributed by atoms with Gasteiger partial charge in [0.05, 0.1) is 6.54 Å². The molecule has 0 unspecified atom stereocenters. The van der Waals surface area contributed by atoms with Crippen molar-refractivity contribution < 1.29 is 37.3 Å². The first-order chi connectivity index (χ1) is 13.2. The highest BCUT2D eigenvalue weighted by Gasteiger charge is 2.33. The quantitative estimate of drug-likeness (QED) is 0.759. The number of benzene rings is 2. The van der Waals surface area contributed by atoms with Gasteiger partial charge in [-0.15, -0.1) is 13.2 Å². The molecule has 0 aromatic heterocycles. The first-order valence-corrected chi connectivity index (χ1v) is 7.81. The lowest BCUT2D eigenvalue weighted by atomic mass is 10.1. The van der Waals surface area contributed by atoms with E-state index in [0.717, 1.165) is 17.7 Å². The maximum atomic E-state index is 12.4. The van der Waals surface area contributed by atoms with E-state index in [1.54, 1.807) is 24.3 Å². The van der Waals surface area contributed by atoms with Crippen LogP contribution in [0.3, 0.4) is 0 Å². The van der Waals surface area contributed by atoms with Crippen molar-refractivity contribution >= 4 is 12.1 Å². The Bertz CT molecular complexity index is 901.